The Labute approximate surface area is 161 Å². The fourth-order valence-corrected chi connectivity index (χ4v) is 2.88. The molecule has 2 aromatic rings. The van der Waals surface area contributed by atoms with E-state index in [1.807, 2.05) is 26.0 Å². The first-order valence-electron chi connectivity index (χ1n) is 8.23. The fraction of sp³-hybridized carbons (Fsp3) is 0.316. The Hall–Kier alpha value is -2.41. The molecule has 0 unspecified atom stereocenters. The number of carbonyl (C=O) groups is 1. The number of carboxylic acids is 1. The highest BCUT2D eigenvalue weighted by Crippen LogP contribution is 2.35. The average molecular weight is 424 g/mol. The van der Waals surface area contributed by atoms with Crippen molar-refractivity contribution in [3.05, 3.63) is 45.9 Å². The molecule has 0 spiro atoms. The van der Waals surface area contributed by atoms with Gasteiger partial charge in [-0.25, -0.2) is 4.79 Å². The van der Waals surface area contributed by atoms with Gasteiger partial charge in [-0.05, 0) is 49.7 Å². The Morgan fingerprint density at radius 2 is 1.73 bits per heavy atom. The molecule has 140 valence electrons. The van der Waals surface area contributed by atoms with Gasteiger partial charge in [0.15, 0.2) is 11.5 Å². The average Bonchev–Trinajstić information content (AvgIpc) is 2.62. The molecule has 0 amide bonds. The van der Waals surface area contributed by atoms with E-state index in [2.05, 4.69) is 21.2 Å². The van der Waals surface area contributed by atoms with Crippen LogP contribution in [0.25, 0.3) is 0 Å². The van der Waals surface area contributed by atoms with Gasteiger partial charge in [0.25, 0.3) is 0 Å². The minimum absolute atomic E-state index is 0.189. The van der Waals surface area contributed by atoms with Crippen molar-refractivity contribution in [1.29, 1.82) is 0 Å². The highest BCUT2D eigenvalue weighted by atomic mass is 79.9. The summed E-state index contributed by atoms with van der Waals surface area (Å²) in [7, 11) is 1.54. The monoisotopic (exact) mass is 423 g/mol. The van der Waals surface area contributed by atoms with Gasteiger partial charge in [0.2, 0.25) is 0 Å². The summed E-state index contributed by atoms with van der Waals surface area (Å²) in [5.41, 5.74) is 1.74. The van der Waals surface area contributed by atoms with Crippen molar-refractivity contribution in [3.8, 4) is 17.2 Å². The second-order valence-corrected chi connectivity index (χ2v) is 6.18. The molecule has 0 heterocycles. The van der Waals surface area contributed by atoms with Crippen LogP contribution >= 0.6 is 15.9 Å². The summed E-state index contributed by atoms with van der Waals surface area (Å²) in [4.78, 5) is 11.2. The van der Waals surface area contributed by atoms with Crippen LogP contribution in [0.2, 0.25) is 0 Å². The minimum atomic E-state index is -0.989. The van der Waals surface area contributed by atoms with Crippen LogP contribution < -0.4 is 19.5 Å². The van der Waals surface area contributed by atoms with E-state index in [9.17, 15) is 9.90 Å². The molecule has 0 aliphatic carbocycles. The summed E-state index contributed by atoms with van der Waals surface area (Å²) in [6, 6.07) is 8.46. The second-order valence-electron chi connectivity index (χ2n) is 5.33. The van der Waals surface area contributed by atoms with Gasteiger partial charge in [0.05, 0.1) is 31.6 Å². The predicted octanol–water partition coefficient (Wildman–Crippen LogP) is 4.57. The number of hydrogen-bond acceptors (Lipinski definition) is 5. The van der Waals surface area contributed by atoms with Crippen molar-refractivity contribution >= 4 is 27.6 Å². The van der Waals surface area contributed by atoms with Gasteiger partial charge in [-0.1, -0.05) is 15.9 Å². The molecule has 2 aromatic carbocycles. The molecule has 0 saturated heterocycles. The SMILES string of the molecule is CCOc1cc(Br)c(CNc2cc(C(=O)O)ccc2OC)cc1OCC. The summed E-state index contributed by atoms with van der Waals surface area (Å²) >= 11 is 3.55. The molecule has 0 fully saturated rings. The lowest BCUT2D eigenvalue weighted by atomic mass is 10.1. The Morgan fingerprint density at radius 3 is 2.31 bits per heavy atom. The first kappa shape index (κ1) is 19.9. The zero-order valence-corrected chi connectivity index (χ0v) is 16.6. The maximum Gasteiger partial charge on any atom is 0.335 e. The summed E-state index contributed by atoms with van der Waals surface area (Å²) in [5.74, 6) is 0.926. The quantitative estimate of drug-likeness (QED) is 0.615. The predicted molar refractivity (Wildman–Crippen MR) is 104 cm³/mol. The molecule has 0 saturated carbocycles. The Morgan fingerprint density at radius 1 is 1.08 bits per heavy atom. The summed E-state index contributed by atoms with van der Waals surface area (Å²) in [5, 5.41) is 12.4. The van der Waals surface area contributed by atoms with Gasteiger partial charge in [0.1, 0.15) is 5.75 Å². The van der Waals surface area contributed by atoms with Gasteiger partial charge in [-0.2, -0.15) is 0 Å². The van der Waals surface area contributed by atoms with E-state index in [1.54, 1.807) is 19.2 Å². The van der Waals surface area contributed by atoms with Crippen LogP contribution in [0.3, 0.4) is 0 Å². The van der Waals surface area contributed by atoms with E-state index >= 15 is 0 Å². The standard InChI is InChI=1S/C19H22BrNO5/c1-4-25-17-9-13(14(20)10-18(17)26-5-2)11-21-15-8-12(19(22)23)6-7-16(15)24-3/h6-10,21H,4-5,11H2,1-3H3,(H,22,23). The zero-order valence-electron chi connectivity index (χ0n) is 15.0. The third-order valence-electron chi connectivity index (χ3n) is 3.63. The molecule has 0 aliphatic rings. The normalized spacial score (nSPS) is 10.3. The van der Waals surface area contributed by atoms with Crippen LogP contribution in [-0.2, 0) is 6.54 Å². The van der Waals surface area contributed by atoms with Crippen molar-refractivity contribution in [2.24, 2.45) is 0 Å². The van der Waals surface area contributed by atoms with Crippen LogP contribution in [-0.4, -0.2) is 31.4 Å². The molecule has 0 bridgehead atoms. The molecule has 0 aliphatic heterocycles. The maximum atomic E-state index is 11.2. The fourth-order valence-electron chi connectivity index (χ4n) is 2.42. The number of carboxylic acid groups (broad SMARTS) is 1. The van der Waals surface area contributed by atoms with Gasteiger partial charge in [-0.3, -0.25) is 0 Å². The smallest absolute Gasteiger partial charge is 0.335 e. The van der Waals surface area contributed by atoms with E-state index in [-0.39, 0.29) is 5.56 Å². The molecule has 0 atom stereocenters. The van der Waals surface area contributed by atoms with Crippen molar-refractivity contribution in [2.45, 2.75) is 20.4 Å². The number of halogens is 1. The number of nitrogens with one attached hydrogen (secondary N) is 1. The first-order chi connectivity index (χ1) is 12.5. The van der Waals surface area contributed by atoms with Crippen LogP contribution in [0.15, 0.2) is 34.8 Å². The minimum Gasteiger partial charge on any atom is -0.495 e. The number of rotatable bonds is 9. The molecule has 6 nitrogen and oxygen atoms in total. The highest BCUT2D eigenvalue weighted by molar-refractivity contribution is 9.10. The lowest BCUT2D eigenvalue weighted by Crippen LogP contribution is -2.06. The van der Waals surface area contributed by atoms with Gasteiger partial charge in [0, 0.05) is 11.0 Å². The van der Waals surface area contributed by atoms with E-state index in [1.165, 1.54) is 6.07 Å². The van der Waals surface area contributed by atoms with Gasteiger partial charge in [-0.15, -0.1) is 0 Å². The van der Waals surface area contributed by atoms with Crippen LogP contribution in [0.5, 0.6) is 17.2 Å². The van der Waals surface area contributed by atoms with E-state index in [0.29, 0.717) is 42.7 Å². The van der Waals surface area contributed by atoms with Gasteiger partial charge >= 0.3 is 5.97 Å². The van der Waals surface area contributed by atoms with Crippen molar-refractivity contribution in [1.82, 2.24) is 0 Å². The third-order valence-corrected chi connectivity index (χ3v) is 4.37. The Bertz CT molecular complexity index is 779. The molecule has 7 heteroatoms. The number of ether oxygens (including phenoxy) is 3. The maximum absolute atomic E-state index is 11.2. The number of anilines is 1. The Balaban J connectivity index is 2.27. The summed E-state index contributed by atoms with van der Waals surface area (Å²) in [6.07, 6.45) is 0. The Kier molecular flexibility index (Phi) is 7.15. The third kappa shape index (κ3) is 4.82. The van der Waals surface area contributed by atoms with Crippen molar-refractivity contribution < 1.29 is 24.1 Å². The van der Waals surface area contributed by atoms with Crippen molar-refractivity contribution in [2.75, 3.05) is 25.6 Å². The number of aromatic carboxylic acids is 1. The lowest BCUT2D eigenvalue weighted by molar-refractivity contribution is 0.0697. The molecule has 26 heavy (non-hydrogen) atoms. The topological polar surface area (TPSA) is 77.0 Å². The van der Waals surface area contributed by atoms with E-state index in [4.69, 9.17) is 14.2 Å². The largest absolute Gasteiger partial charge is 0.495 e. The molecule has 0 radical (unpaired) electrons. The zero-order chi connectivity index (χ0) is 19.1. The molecule has 2 rings (SSSR count). The summed E-state index contributed by atoms with van der Waals surface area (Å²) < 4.78 is 17.4. The molecular weight excluding hydrogens is 402 g/mol. The number of hydrogen-bond donors (Lipinski definition) is 2. The first-order valence-corrected chi connectivity index (χ1v) is 9.02. The van der Waals surface area contributed by atoms with E-state index < -0.39 is 5.97 Å². The second kappa shape index (κ2) is 9.33. The summed E-state index contributed by atoms with van der Waals surface area (Å²) in [6.45, 7) is 5.36. The van der Waals surface area contributed by atoms with Crippen LogP contribution in [0.4, 0.5) is 5.69 Å². The number of benzene rings is 2. The van der Waals surface area contributed by atoms with Gasteiger partial charge < -0.3 is 24.6 Å². The molecular formula is C19H22BrNO5. The van der Waals surface area contributed by atoms with Crippen LogP contribution in [0, 0.1) is 0 Å². The van der Waals surface area contributed by atoms with E-state index in [0.717, 1.165) is 10.0 Å². The highest BCUT2D eigenvalue weighted by Gasteiger charge is 2.13. The van der Waals surface area contributed by atoms with Crippen molar-refractivity contribution in [3.63, 3.8) is 0 Å². The lowest BCUT2D eigenvalue weighted by Gasteiger charge is -2.16. The van der Waals surface area contributed by atoms with Crippen LogP contribution in [0.1, 0.15) is 29.8 Å². The molecule has 0 aromatic heterocycles. The number of methoxy groups -OCH3 is 1. The molecule has 2 N–H and O–H groups in total.